The van der Waals surface area contributed by atoms with E-state index < -0.39 is 0 Å². The molecule has 0 amide bonds. The molecule has 0 saturated heterocycles. The van der Waals surface area contributed by atoms with Crippen LogP contribution in [0.15, 0.2) is 30.3 Å². The van der Waals surface area contributed by atoms with E-state index in [1.807, 2.05) is 18.2 Å². The SMILES string of the molecule is CCC(=CCCN)c1cccc(Cl)c1. The lowest BCUT2D eigenvalue weighted by Crippen LogP contribution is -1.96. The predicted molar refractivity (Wildman–Crippen MR) is 63.4 cm³/mol. The summed E-state index contributed by atoms with van der Waals surface area (Å²) in [5, 5.41) is 0.787. The van der Waals surface area contributed by atoms with E-state index in [2.05, 4.69) is 19.1 Å². The smallest absolute Gasteiger partial charge is 0.0412 e. The zero-order valence-corrected chi connectivity index (χ0v) is 9.22. The Bertz CT molecular complexity index is 318. The third-order valence-corrected chi connectivity index (χ3v) is 2.37. The molecule has 0 heterocycles. The molecule has 0 bridgehead atoms. The van der Waals surface area contributed by atoms with Gasteiger partial charge in [0, 0.05) is 5.02 Å². The van der Waals surface area contributed by atoms with Crippen molar-refractivity contribution in [2.75, 3.05) is 6.54 Å². The van der Waals surface area contributed by atoms with E-state index in [0.717, 1.165) is 17.9 Å². The molecule has 0 aliphatic carbocycles. The standard InChI is InChI=1S/C12H16ClN/c1-2-10(6-4-8-14)11-5-3-7-12(13)9-11/h3,5-7,9H,2,4,8,14H2,1H3. The van der Waals surface area contributed by atoms with E-state index in [1.165, 1.54) is 11.1 Å². The summed E-state index contributed by atoms with van der Waals surface area (Å²) in [5.41, 5.74) is 7.99. The molecule has 2 N–H and O–H groups in total. The summed E-state index contributed by atoms with van der Waals surface area (Å²) in [6.07, 6.45) is 4.13. The van der Waals surface area contributed by atoms with Crippen molar-refractivity contribution in [1.82, 2.24) is 0 Å². The average molecular weight is 210 g/mol. The van der Waals surface area contributed by atoms with Crippen LogP contribution in [0.2, 0.25) is 5.02 Å². The van der Waals surface area contributed by atoms with Crippen molar-refractivity contribution in [3.8, 4) is 0 Å². The van der Waals surface area contributed by atoms with Gasteiger partial charge in [0.1, 0.15) is 0 Å². The first-order valence-corrected chi connectivity index (χ1v) is 5.30. The van der Waals surface area contributed by atoms with Gasteiger partial charge in [-0.05, 0) is 42.7 Å². The van der Waals surface area contributed by atoms with Crippen LogP contribution in [-0.4, -0.2) is 6.54 Å². The van der Waals surface area contributed by atoms with Crippen molar-refractivity contribution in [2.24, 2.45) is 5.73 Å². The zero-order chi connectivity index (χ0) is 10.4. The maximum absolute atomic E-state index is 5.93. The van der Waals surface area contributed by atoms with Crippen LogP contribution >= 0.6 is 11.6 Å². The van der Waals surface area contributed by atoms with Crippen molar-refractivity contribution >= 4 is 17.2 Å². The van der Waals surface area contributed by atoms with Crippen LogP contribution in [0, 0.1) is 0 Å². The molecule has 2 heteroatoms. The second-order valence-electron chi connectivity index (χ2n) is 3.17. The molecule has 1 rings (SSSR count). The molecule has 0 aliphatic rings. The van der Waals surface area contributed by atoms with Crippen LogP contribution < -0.4 is 5.73 Å². The van der Waals surface area contributed by atoms with Crippen molar-refractivity contribution in [1.29, 1.82) is 0 Å². The molecule has 1 nitrogen and oxygen atoms in total. The molecule has 1 aromatic rings. The van der Waals surface area contributed by atoms with Crippen LogP contribution in [0.1, 0.15) is 25.3 Å². The van der Waals surface area contributed by atoms with Crippen LogP contribution in [0.25, 0.3) is 5.57 Å². The Morgan fingerprint density at radius 2 is 2.29 bits per heavy atom. The first kappa shape index (κ1) is 11.3. The number of rotatable bonds is 4. The Balaban J connectivity index is 2.89. The molecule has 0 atom stereocenters. The van der Waals surface area contributed by atoms with Gasteiger partial charge in [-0.2, -0.15) is 0 Å². The Labute approximate surface area is 90.6 Å². The van der Waals surface area contributed by atoms with E-state index >= 15 is 0 Å². The molecule has 0 unspecified atom stereocenters. The third-order valence-electron chi connectivity index (χ3n) is 2.13. The van der Waals surface area contributed by atoms with Gasteiger partial charge in [-0.1, -0.05) is 36.7 Å². The molecule has 14 heavy (non-hydrogen) atoms. The Morgan fingerprint density at radius 3 is 2.86 bits per heavy atom. The summed E-state index contributed by atoms with van der Waals surface area (Å²) in [6.45, 7) is 2.84. The molecule has 0 spiro atoms. The molecular weight excluding hydrogens is 194 g/mol. The lowest BCUT2D eigenvalue weighted by Gasteiger charge is -2.05. The second-order valence-corrected chi connectivity index (χ2v) is 3.61. The summed E-state index contributed by atoms with van der Waals surface area (Å²) in [5.74, 6) is 0. The normalized spacial score (nSPS) is 11.8. The topological polar surface area (TPSA) is 26.0 Å². The van der Waals surface area contributed by atoms with Crippen LogP contribution in [0.5, 0.6) is 0 Å². The minimum atomic E-state index is 0.698. The number of hydrogen-bond acceptors (Lipinski definition) is 1. The van der Waals surface area contributed by atoms with E-state index in [4.69, 9.17) is 17.3 Å². The van der Waals surface area contributed by atoms with E-state index in [0.29, 0.717) is 6.54 Å². The number of hydrogen-bond donors (Lipinski definition) is 1. The number of benzene rings is 1. The van der Waals surface area contributed by atoms with Crippen molar-refractivity contribution in [2.45, 2.75) is 19.8 Å². The van der Waals surface area contributed by atoms with E-state index in [9.17, 15) is 0 Å². The summed E-state index contributed by atoms with van der Waals surface area (Å²) in [4.78, 5) is 0. The molecule has 0 aromatic heterocycles. The number of nitrogens with two attached hydrogens (primary N) is 1. The highest BCUT2D eigenvalue weighted by Gasteiger charge is 1.98. The van der Waals surface area contributed by atoms with Crippen molar-refractivity contribution in [3.63, 3.8) is 0 Å². The molecule has 0 aliphatic heterocycles. The van der Waals surface area contributed by atoms with Crippen LogP contribution in [0.4, 0.5) is 0 Å². The average Bonchev–Trinajstić information content (AvgIpc) is 2.19. The Kier molecular flexibility index (Phi) is 4.71. The monoisotopic (exact) mass is 209 g/mol. The van der Waals surface area contributed by atoms with Crippen LogP contribution in [-0.2, 0) is 0 Å². The quantitative estimate of drug-likeness (QED) is 0.808. The predicted octanol–water partition coefficient (Wildman–Crippen LogP) is 3.48. The number of halogens is 1. The van der Waals surface area contributed by atoms with Crippen molar-refractivity contribution < 1.29 is 0 Å². The highest BCUT2D eigenvalue weighted by atomic mass is 35.5. The van der Waals surface area contributed by atoms with Gasteiger partial charge in [-0.3, -0.25) is 0 Å². The van der Waals surface area contributed by atoms with Crippen LogP contribution in [0.3, 0.4) is 0 Å². The van der Waals surface area contributed by atoms with Gasteiger partial charge in [0.05, 0.1) is 0 Å². The van der Waals surface area contributed by atoms with Gasteiger partial charge in [0.2, 0.25) is 0 Å². The van der Waals surface area contributed by atoms with Gasteiger partial charge >= 0.3 is 0 Å². The van der Waals surface area contributed by atoms with E-state index in [1.54, 1.807) is 0 Å². The fraction of sp³-hybridized carbons (Fsp3) is 0.333. The minimum Gasteiger partial charge on any atom is -0.330 e. The van der Waals surface area contributed by atoms with Gasteiger partial charge in [0.25, 0.3) is 0 Å². The van der Waals surface area contributed by atoms with Gasteiger partial charge in [0.15, 0.2) is 0 Å². The fourth-order valence-electron chi connectivity index (χ4n) is 1.41. The largest absolute Gasteiger partial charge is 0.330 e. The molecule has 0 fully saturated rings. The van der Waals surface area contributed by atoms with E-state index in [-0.39, 0.29) is 0 Å². The van der Waals surface area contributed by atoms with Gasteiger partial charge in [-0.25, -0.2) is 0 Å². The minimum absolute atomic E-state index is 0.698. The number of allylic oxidation sites excluding steroid dienone is 1. The maximum atomic E-state index is 5.93. The Morgan fingerprint density at radius 1 is 1.50 bits per heavy atom. The zero-order valence-electron chi connectivity index (χ0n) is 8.46. The fourth-order valence-corrected chi connectivity index (χ4v) is 1.60. The first-order chi connectivity index (χ1) is 6.77. The summed E-state index contributed by atoms with van der Waals surface area (Å²) >= 11 is 5.93. The van der Waals surface area contributed by atoms with Gasteiger partial charge < -0.3 is 5.73 Å². The molecule has 76 valence electrons. The lowest BCUT2D eigenvalue weighted by atomic mass is 10.0. The summed E-state index contributed by atoms with van der Waals surface area (Å²) in [7, 11) is 0. The first-order valence-electron chi connectivity index (χ1n) is 4.93. The second kappa shape index (κ2) is 5.84. The molecule has 1 aromatic carbocycles. The highest BCUT2D eigenvalue weighted by Crippen LogP contribution is 2.21. The van der Waals surface area contributed by atoms with Gasteiger partial charge in [-0.15, -0.1) is 0 Å². The molecular formula is C12H16ClN. The Hall–Kier alpha value is -0.790. The summed E-state index contributed by atoms with van der Waals surface area (Å²) in [6, 6.07) is 7.94. The molecule has 0 saturated carbocycles. The third kappa shape index (κ3) is 3.17. The summed E-state index contributed by atoms with van der Waals surface area (Å²) < 4.78 is 0. The van der Waals surface area contributed by atoms with Crippen molar-refractivity contribution in [3.05, 3.63) is 40.9 Å². The highest BCUT2D eigenvalue weighted by molar-refractivity contribution is 6.30. The lowest BCUT2D eigenvalue weighted by molar-refractivity contribution is 1.00. The molecule has 0 radical (unpaired) electrons. The maximum Gasteiger partial charge on any atom is 0.0412 e.